The second-order valence-electron chi connectivity index (χ2n) is 2.65. The topological polar surface area (TPSA) is 21.6 Å². The maximum absolute atomic E-state index is 5.18. The van der Waals surface area contributed by atoms with E-state index in [1.165, 1.54) is 0 Å². The van der Waals surface area contributed by atoms with Gasteiger partial charge in [0.2, 0.25) is 0 Å². The van der Waals surface area contributed by atoms with Gasteiger partial charge in [-0.15, -0.1) is 11.3 Å². The molecule has 0 saturated heterocycles. The summed E-state index contributed by atoms with van der Waals surface area (Å²) >= 11 is 3.69. The number of hydrogen-bond donors (Lipinski definition) is 0. The lowest BCUT2D eigenvalue weighted by Crippen LogP contribution is -1.96. The Morgan fingerprint density at radius 3 is 3.20 bits per heavy atom. The normalized spacial score (nSPS) is 10.3. The molecule has 0 bridgehead atoms. The van der Waals surface area contributed by atoms with Crippen LogP contribution in [-0.2, 0) is 4.74 Å². The van der Waals surface area contributed by atoms with Crippen LogP contribution in [0.1, 0.15) is 16.7 Å². The molecule has 15 heavy (non-hydrogen) atoms. The van der Waals surface area contributed by atoms with Gasteiger partial charge in [0.05, 0.1) is 18.0 Å². The Hall–Kier alpha value is -0.380. The molecular weight excluding hydrogens is 321 g/mol. The van der Waals surface area contributed by atoms with Crippen LogP contribution < -0.4 is 0 Å². The van der Waals surface area contributed by atoms with E-state index in [1.54, 1.807) is 11.3 Å². The molecule has 1 aromatic heterocycles. The first-order chi connectivity index (χ1) is 7.36. The van der Waals surface area contributed by atoms with Crippen molar-refractivity contribution in [1.29, 1.82) is 0 Å². The lowest BCUT2D eigenvalue weighted by atomic mass is 10.4. The van der Waals surface area contributed by atoms with Crippen molar-refractivity contribution in [2.75, 3.05) is 19.8 Å². The van der Waals surface area contributed by atoms with Crippen LogP contribution in [0, 0.1) is 9.85 Å². The van der Waals surface area contributed by atoms with E-state index in [0.717, 1.165) is 22.9 Å². The molecule has 0 amide bonds. The Morgan fingerprint density at radius 1 is 1.60 bits per heavy atom. The minimum Gasteiger partial charge on any atom is -0.380 e. The first-order valence-corrected chi connectivity index (χ1v) is 6.55. The van der Waals surface area contributed by atoms with Crippen LogP contribution in [0.5, 0.6) is 0 Å². The van der Waals surface area contributed by atoms with Gasteiger partial charge < -0.3 is 4.74 Å². The van der Waals surface area contributed by atoms with Crippen molar-refractivity contribution in [3.05, 3.63) is 21.9 Å². The van der Waals surface area contributed by atoms with Crippen LogP contribution in [0.25, 0.3) is 0 Å². The smallest absolute Gasteiger partial charge is 0.0783 e. The number of rotatable bonds is 5. The van der Waals surface area contributed by atoms with E-state index in [4.69, 9.17) is 4.74 Å². The van der Waals surface area contributed by atoms with Crippen LogP contribution in [0.15, 0.2) is 17.1 Å². The maximum atomic E-state index is 5.18. The highest BCUT2D eigenvalue weighted by Gasteiger charge is 1.93. The molecule has 1 heterocycles. The zero-order chi connectivity index (χ0) is 10.9. The van der Waals surface area contributed by atoms with Crippen molar-refractivity contribution < 1.29 is 4.74 Å². The van der Waals surface area contributed by atoms with E-state index in [9.17, 15) is 0 Å². The van der Waals surface area contributed by atoms with Gasteiger partial charge in [-0.05, 0) is 28.9 Å². The van der Waals surface area contributed by atoms with Gasteiger partial charge in [0, 0.05) is 40.3 Å². The molecule has 80 valence electrons. The Bertz CT molecular complexity index is 375. The molecule has 0 aliphatic rings. The first-order valence-electron chi connectivity index (χ1n) is 4.66. The standard InChI is InChI=1S/C11H12INOS/c1-2-14-8-7-13-9-11-4-3-10(15-11)5-6-12/h3-4,9H,2,7-8H2,1H3/b13-9+. The summed E-state index contributed by atoms with van der Waals surface area (Å²) in [5, 5.41) is 0. The number of ether oxygens (including phenoxy) is 1. The molecule has 1 rings (SSSR count). The van der Waals surface area contributed by atoms with Crippen molar-refractivity contribution >= 4 is 40.1 Å². The summed E-state index contributed by atoms with van der Waals surface area (Å²) in [4.78, 5) is 6.48. The molecule has 0 aromatic carbocycles. The lowest BCUT2D eigenvalue weighted by molar-refractivity contribution is 0.156. The summed E-state index contributed by atoms with van der Waals surface area (Å²) in [5.74, 6) is 3.01. The molecule has 0 N–H and O–H groups in total. The van der Waals surface area contributed by atoms with Crippen LogP contribution in [-0.4, -0.2) is 26.0 Å². The number of hydrogen-bond acceptors (Lipinski definition) is 3. The third kappa shape index (κ3) is 5.30. The second kappa shape index (κ2) is 7.85. The van der Waals surface area contributed by atoms with E-state index in [1.807, 2.05) is 47.9 Å². The fourth-order valence-corrected chi connectivity index (χ4v) is 2.18. The number of nitrogens with zero attached hydrogens (tertiary/aromatic N) is 1. The highest BCUT2D eigenvalue weighted by atomic mass is 127. The Balaban J connectivity index is 2.38. The molecule has 0 unspecified atom stereocenters. The maximum Gasteiger partial charge on any atom is 0.0783 e. The van der Waals surface area contributed by atoms with Gasteiger partial charge in [-0.1, -0.05) is 0 Å². The fourth-order valence-electron chi connectivity index (χ4n) is 0.952. The molecule has 0 atom stereocenters. The minimum atomic E-state index is 0.693. The second-order valence-corrected chi connectivity index (χ2v) is 4.31. The Labute approximate surface area is 108 Å². The average Bonchev–Trinajstić information content (AvgIpc) is 2.66. The van der Waals surface area contributed by atoms with Gasteiger partial charge in [0.25, 0.3) is 0 Å². The third-order valence-corrected chi connectivity index (χ3v) is 2.79. The van der Waals surface area contributed by atoms with Crippen molar-refractivity contribution in [3.63, 3.8) is 0 Å². The van der Waals surface area contributed by atoms with Crippen LogP contribution in [0.4, 0.5) is 0 Å². The average molecular weight is 333 g/mol. The van der Waals surface area contributed by atoms with Crippen LogP contribution in [0.3, 0.4) is 0 Å². The van der Waals surface area contributed by atoms with E-state index in [2.05, 4.69) is 14.8 Å². The summed E-state index contributed by atoms with van der Waals surface area (Å²) in [6.45, 7) is 4.15. The molecule has 1 aromatic rings. The van der Waals surface area contributed by atoms with Crippen LogP contribution in [0.2, 0.25) is 0 Å². The van der Waals surface area contributed by atoms with Crippen molar-refractivity contribution in [2.24, 2.45) is 4.99 Å². The molecular formula is C11H12INOS. The SMILES string of the molecule is CCOCC/N=C/c1ccc(C#CI)s1. The predicted octanol–water partition coefficient (Wildman–Crippen LogP) is 2.95. The van der Waals surface area contributed by atoms with E-state index >= 15 is 0 Å². The first kappa shape index (κ1) is 12.7. The summed E-state index contributed by atoms with van der Waals surface area (Å²) in [6, 6.07) is 4.05. The van der Waals surface area contributed by atoms with Crippen molar-refractivity contribution in [2.45, 2.75) is 6.92 Å². The highest BCUT2D eigenvalue weighted by Crippen LogP contribution is 2.13. The van der Waals surface area contributed by atoms with E-state index in [-0.39, 0.29) is 0 Å². The van der Waals surface area contributed by atoms with Crippen LogP contribution >= 0.6 is 33.9 Å². The molecule has 0 spiro atoms. The van der Waals surface area contributed by atoms with Gasteiger partial charge in [-0.25, -0.2) is 0 Å². The number of aliphatic imine (C=N–C) groups is 1. The molecule has 0 fully saturated rings. The van der Waals surface area contributed by atoms with Gasteiger partial charge in [0.15, 0.2) is 0 Å². The molecule has 0 aliphatic heterocycles. The van der Waals surface area contributed by atoms with Gasteiger partial charge >= 0.3 is 0 Å². The van der Waals surface area contributed by atoms with E-state index in [0.29, 0.717) is 6.61 Å². The molecule has 0 radical (unpaired) electrons. The summed E-state index contributed by atoms with van der Waals surface area (Å²) < 4.78 is 8.03. The molecule has 0 saturated carbocycles. The van der Waals surface area contributed by atoms with E-state index < -0.39 is 0 Å². The fraction of sp³-hybridized carbons (Fsp3) is 0.364. The Kier molecular flexibility index (Phi) is 6.64. The monoisotopic (exact) mass is 333 g/mol. The Morgan fingerprint density at radius 2 is 2.47 bits per heavy atom. The van der Waals surface area contributed by atoms with Gasteiger partial charge in [-0.3, -0.25) is 4.99 Å². The highest BCUT2D eigenvalue weighted by molar-refractivity contribution is 14.1. The van der Waals surface area contributed by atoms with Gasteiger partial charge in [0.1, 0.15) is 0 Å². The molecule has 0 aliphatic carbocycles. The largest absolute Gasteiger partial charge is 0.380 e. The van der Waals surface area contributed by atoms with Gasteiger partial charge in [-0.2, -0.15) is 0 Å². The lowest BCUT2D eigenvalue weighted by Gasteiger charge is -1.94. The zero-order valence-corrected chi connectivity index (χ0v) is 11.5. The predicted molar refractivity (Wildman–Crippen MR) is 74.2 cm³/mol. The quantitative estimate of drug-likeness (QED) is 0.351. The third-order valence-electron chi connectivity index (χ3n) is 1.58. The summed E-state index contributed by atoms with van der Waals surface area (Å²) in [7, 11) is 0. The minimum absolute atomic E-state index is 0.693. The van der Waals surface area contributed by atoms with Crippen molar-refractivity contribution in [1.82, 2.24) is 0 Å². The molecule has 2 nitrogen and oxygen atoms in total. The number of halogens is 1. The summed E-state index contributed by atoms with van der Waals surface area (Å²) in [6.07, 6.45) is 1.88. The summed E-state index contributed by atoms with van der Waals surface area (Å²) in [5.41, 5.74) is 0. The number of thiophene rings is 1. The molecule has 4 heteroatoms. The van der Waals surface area contributed by atoms with Crippen molar-refractivity contribution in [3.8, 4) is 9.85 Å². The zero-order valence-electron chi connectivity index (χ0n) is 8.50.